The van der Waals surface area contributed by atoms with Gasteiger partial charge in [-0.25, -0.2) is 9.78 Å². The van der Waals surface area contributed by atoms with Crippen LogP contribution in [0.3, 0.4) is 0 Å². The first-order valence-corrected chi connectivity index (χ1v) is 10.7. The summed E-state index contributed by atoms with van der Waals surface area (Å²) < 4.78 is 5.50. The van der Waals surface area contributed by atoms with E-state index in [9.17, 15) is 9.90 Å². The molecule has 6 nitrogen and oxygen atoms in total. The summed E-state index contributed by atoms with van der Waals surface area (Å²) in [5.41, 5.74) is -1.08. The Labute approximate surface area is 172 Å². The molecule has 7 atom stereocenters. The van der Waals surface area contributed by atoms with Crippen molar-refractivity contribution in [1.82, 2.24) is 4.90 Å². The number of methoxy groups -OCH3 is 1. The second-order valence-electron chi connectivity index (χ2n) is 8.83. The fraction of sp³-hybridized carbons (Fsp3) is 0.955. The van der Waals surface area contributed by atoms with Crippen molar-refractivity contribution in [1.29, 1.82) is 0 Å². The van der Waals surface area contributed by atoms with Crippen molar-refractivity contribution in [2.24, 2.45) is 11.8 Å². The highest BCUT2D eigenvalue weighted by Crippen LogP contribution is 2.29. The molecule has 168 valence electrons. The Balaban J connectivity index is 5.18. The number of ether oxygens (including phenoxy) is 1. The first-order valence-electron chi connectivity index (χ1n) is 10.7. The van der Waals surface area contributed by atoms with E-state index in [0.717, 1.165) is 25.5 Å². The van der Waals surface area contributed by atoms with Crippen molar-refractivity contribution in [2.45, 2.75) is 104 Å². The van der Waals surface area contributed by atoms with Crippen LogP contribution >= 0.6 is 0 Å². The predicted octanol–water partition coefficient (Wildman–Crippen LogP) is 3.85. The van der Waals surface area contributed by atoms with Gasteiger partial charge in [-0.05, 0) is 53.1 Å². The molecule has 6 heteroatoms. The highest BCUT2D eigenvalue weighted by atomic mass is 17.2. The molecule has 1 N–H and O–H groups in total. The van der Waals surface area contributed by atoms with Crippen molar-refractivity contribution in [3.05, 3.63) is 0 Å². The number of hydrogen-bond acceptors (Lipinski definition) is 6. The Hall–Kier alpha value is -0.530. The number of rotatable bonds is 16. The van der Waals surface area contributed by atoms with E-state index in [0.29, 0.717) is 24.8 Å². The van der Waals surface area contributed by atoms with Gasteiger partial charge in [0.25, 0.3) is 0 Å². The number of nitrogens with zero attached hydrogens (tertiary/aromatic N) is 1. The summed E-state index contributed by atoms with van der Waals surface area (Å²) in [5, 5.41) is 11.1. The third-order valence-electron chi connectivity index (χ3n) is 5.84. The summed E-state index contributed by atoms with van der Waals surface area (Å²) in [4.78, 5) is 24.9. The first kappa shape index (κ1) is 27.5. The lowest BCUT2D eigenvalue weighted by Gasteiger charge is -2.36. The van der Waals surface area contributed by atoms with E-state index in [4.69, 9.17) is 14.5 Å². The molecule has 0 saturated carbocycles. The molecule has 0 fully saturated rings. The molecule has 0 saturated heterocycles. The highest BCUT2D eigenvalue weighted by molar-refractivity contribution is 5.53. The van der Waals surface area contributed by atoms with Gasteiger partial charge < -0.3 is 19.5 Å². The van der Waals surface area contributed by atoms with Crippen LogP contribution in [-0.2, 0) is 19.3 Å². The minimum absolute atomic E-state index is 0.112. The minimum Gasteiger partial charge on any atom is -0.387 e. The van der Waals surface area contributed by atoms with E-state index in [1.807, 2.05) is 13.8 Å². The summed E-state index contributed by atoms with van der Waals surface area (Å²) in [6.07, 6.45) is 3.65. The van der Waals surface area contributed by atoms with Crippen LogP contribution in [0, 0.1) is 11.8 Å². The summed E-state index contributed by atoms with van der Waals surface area (Å²) in [7, 11) is 5.70. The molecular weight excluding hydrogens is 358 g/mol. The molecule has 0 aromatic heterocycles. The second kappa shape index (κ2) is 13.6. The van der Waals surface area contributed by atoms with Crippen LogP contribution in [0.5, 0.6) is 0 Å². The van der Waals surface area contributed by atoms with Crippen molar-refractivity contribution >= 4 is 6.29 Å². The molecule has 4 unspecified atom stereocenters. The van der Waals surface area contributed by atoms with Gasteiger partial charge in [-0.2, -0.15) is 0 Å². The van der Waals surface area contributed by atoms with E-state index in [1.165, 1.54) is 0 Å². The van der Waals surface area contributed by atoms with Crippen molar-refractivity contribution < 1.29 is 24.4 Å². The quantitative estimate of drug-likeness (QED) is 0.240. The fourth-order valence-corrected chi connectivity index (χ4v) is 3.53. The molecule has 0 aliphatic heterocycles. The maximum absolute atomic E-state index is 11.2. The number of carbonyl (C=O) groups excluding carboxylic acids is 1. The molecular formula is C22H45NO5. The van der Waals surface area contributed by atoms with Gasteiger partial charge in [-0.3, -0.25) is 0 Å². The van der Waals surface area contributed by atoms with Crippen molar-refractivity contribution in [2.75, 3.05) is 21.2 Å². The van der Waals surface area contributed by atoms with Gasteiger partial charge in [0.2, 0.25) is 0 Å². The van der Waals surface area contributed by atoms with Gasteiger partial charge in [0.05, 0.1) is 17.8 Å². The molecule has 0 bridgehead atoms. The second-order valence-corrected chi connectivity index (χ2v) is 8.83. The number of carbonyl (C=O) groups is 1. The molecule has 0 aliphatic carbocycles. The van der Waals surface area contributed by atoms with Crippen LogP contribution in [-0.4, -0.2) is 67.5 Å². The molecule has 0 rings (SSSR count). The molecule has 0 spiro atoms. The van der Waals surface area contributed by atoms with E-state index in [2.05, 4.69) is 39.8 Å². The lowest BCUT2D eigenvalue weighted by molar-refractivity contribution is -0.376. The average Bonchev–Trinajstić information content (AvgIpc) is 2.64. The zero-order valence-electron chi connectivity index (χ0n) is 19.6. The van der Waals surface area contributed by atoms with Gasteiger partial charge in [-0.15, -0.1) is 0 Å². The average molecular weight is 404 g/mol. The zero-order chi connectivity index (χ0) is 21.9. The fourth-order valence-electron chi connectivity index (χ4n) is 3.53. The van der Waals surface area contributed by atoms with Gasteiger partial charge in [0, 0.05) is 25.5 Å². The predicted molar refractivity (Wildman–Crippen MR) is 113 cm³/mol. The van der Waals surface area contributed by atoms with Crippen LogP contribution in [0.25, 0.3) is 0 Å². The Kier molecular flexibility index (Phi) is 13.4. The van der Waals surface area contributed by atoms with Crippen LogP contribution in [0.1, 0.15) is 73.6 Å². The highest BCUT2D eigenvalue weighted by Gasteiger charge is 2.38. The van der Waals surface area contributed by atoms with Gasteiger partial charge >= 0.3 is 0 Å². The van der Waals surface area contributed by atoms with Crippen LogP contribution in [0.4, 0.5) is 0 Å². The van der Waals surface area contributed by atoms with Gasteiger partial charge in [0.15, 0.2) is 0 Å². The Morgan fingerprint density at radius 1 is 1.07 bits per heavy atom. The van der Waals surface area contributed by atoms with Gasteiger partial charge in [-0.1, -0.05) is 34.1 Å². The SMILES string of the molecule is CCC(CC(C)OO[C@H](C[C@H](OC)C(C)C=O)C(C)(O)C[C@@H](C)CC)N(C)C. The lowest BCUT2D eigenvalue weighted by atomic mass is 9.83. The Bertz CT molecular complexity index is 416. The maximum Gasteiger partial charge on any atom is 0.125 e. The molecule has 0 aliphatic rings. The standard InChI is InChI=1S/C22H45NO5/c1-10-16(3)14-22(6,25)21(13-20(26-9)17(4)15-24)28-27-18(5)12-19(11-2)23(7)8/h15-21,25H,10-14H2,1-9H3/t16-,17?,18?,19?,20-,21+,22?/m0/s1. The molecule has 0 heterocycles. The maximum atomic E-state index is 11.2. The molecule has 0 aromatic rings. The molecule has 0 amide bonds. The van der Waals surface area contributed by atoms with Crippen LogP contribution in [0.2, 0.25) is 0 Å². The summed E-state index contributed by atoms with van der Waals surface area (Å²) >= 11 is 0. The summed E-state index contributed by atoms with van der Waals surface area (Å²) in [6, 6.07) is 0.402. The molecule has 28 heavy (non-hydrogen) atoms. The van der Waals surface area contributed by atoms with E-state index >= 15 is 0 Å². The third-order valence-corrected chi connectivity index (χ3v) is 5.84. The number of aliphatic hydroxyl groups is 1. The Morgan fingerprint density at radius 2 is 1.68 bits per heavy atom. The smallest absolute Gasteiger partial charge is 0.125 e. The number of hydrogen-bond donors (Lipinski definition) is 1. The van der Waals surface area contributed by atoms with E-state index < -0.39 is 11.7 Å². The summed E-state index contributed by atoms with van der Waals surface area (Å²) in [5.74, 6) is 0.0624. The molecule has 0 aromatic carbocycles. The Morgan fingerprint density at radius 3 is 2.11 bits per heavy atom. The number of aldehydes is 1. The van der Waals surface area contributed by atoms with Crippen LogP contribution in [0.15, 0.2) is 0 Å². The van der Waals surface area contributed by atoms with Crippen molar-refractivity contribution in [3.63, 3.8) is 0 Å². The monoisotopic (exact) mass is 403 g/mol. The minimum atomic E-state index is -1.08. The van der Waals surface area contributed by atoms with Crippen molar-refractivity contribution in [3.8, 4) is 0 Å². The topological polar surface area (TPSA) is 68.2 Å². The normalized spacial score (nSPS) is 20.8. The zero-order valence-corrected chi connectivity index (χ0v) is 19.6. The first-order chi connectivity index (χ1) is 13.0. The lowest BCUT2D eigenvalue weighted by Crippen LogP contribution is -2.46. The van der Waals surface area contributed by atoms with E-state index in [1.54, 1.807) is 14.0 Å². The largest absolute Gasteiger partial charge is 0.387 e. The molecule has 0 radical (unpaired) electrons. The third kappa shape index (κ3) is 9.79. The summed E-state index contributed by atoms with van der Waals surface area (Å²) in [6.45, 7) is 11.9. The van der Waals surface area contributed by atoms with E-state index in [-0.39, 0.29) is 18.1 Å². The van der Waals surface area contributed by atoms with Gasteiger partial charge in [0.1, 0.15) is 12.4 Å². The van der Waals surface area contributed by atoms with Crippen LogP contribution < -0.4 is 0 Å².